The molecular formula is C34H35N6O9S2+. The summed E-state index contributed by atoms with van der Waals surface area (Å²) >= 11 is 2.13. The van der Waals surface area contributed by atoms with Gasteiger partial charge in [0.05, 0.1) is 18.3 Å². The molecule has 3 aromatic rings. The number of phenols is 2. The Hall–Kier alpha value is -5.26. The molecule has 3 aliphatic rings. The minimum absolute atomic E-state index is 0.0404. The van der Waals surface area contributed by atoms with E-state index in [-0.39, 0.29) is 40.3 Å². The molecule has 2 aromatic carbocycles. The molecule has 15 nitrogen and oxygen atoms in total. The number of β-lactam (4-membered cyclic amide) rings is 1. The van der Waals surface area contributed by atoms with Crippen molar-refractivity contribution in [1.29, 1.82) is 0 Å². The van der Waals surface area contributed by atoms with Crippen LogP contribution in [0.25, 0.3) is 6.08 Å². The summed E-state index contributed by atoms with van der Waals surface area (Å²) in [6, 6.07) is 11.1. The molecule has 2 atom stereocenters. The summed E-state index contributed by atoms with van der Waals surface area (Å²) in [4.78, 5) is 61.0. The fraction of sp³-hybridized carbons (Fsp3) is 0.324. The number of carbonyl (C=O) groups is 4. The number of hydrogen-bond acceptors (Lipinski definition) is 13. The molecule has 0 saturated carbocycles. The minimum atomic E-state index is -1.78. The van der Waals surface area contributed by atoms with Crippen LogP contribution in [0.5, 0.6) is 11.5 Å². The fourth-order valence-corrected chi connectivity index (χ4v) is 8.09. The highest BCUT2D eigenvalue weighted by Crippen LogP contribution is 2.46. The Morgan fingerprint density at radius 3 is 2.31 bits per heavy atom. The summed E-state index contributed by atoms with van der Waals surface area (Å²) in [7, 11) is 2.12. The lowest BCUT2D eigenvalue weighted by Gasteiger charge is -2.49. The summed E-state index contributed by atoms with van der Waals surface area (Å²) in [5, 5.41) is 42.5. The second-order valence-corrected chi connectivity index (χ2v) is 15.3. The molecule has 17 heteroatoms. The summed E-state index contributed by atoms with van der Waals surface area (Å²) in [5.74, 6) is -4.84. The molecule has 3 aliphatic heterocycles. The molecular weight excluding hydrogens is 701 g/mol. The lowest BCUT2D eigenvalue weighted by Crippen LogP contribution is -2.62. The van der Waals surface area contributed by atoms with Crippen LogP contribution < -0.4 is 5.73 Å². The number of rotatable bonds is 12. The van der Waals surface area contributed by atoms with Crippen molar-refractivity contribution in [2.24, 2.45) is 11.1 Å². The molecule has 0 bridgehead atoms. The second kappa shape index (κ2) is 13.5. The number of carboxylic acids is 2. The van der Waals surface area contributed by atoms with Gasteiger partial charge in [0.2, 0.25) is 17.3 Å². The van der Waals surface area contributed by atoms with Crippen LogP contribution in [0.4, 0.5) is 5.13 Å². The number of nitrogens with zero attached hydrogens (tertiary/aromatic N) is 5. The van der Waals surface area contributed by atoms with Crippen molar-refractivity contribution < 1.29 is 48.9 Å². The lowest BCUT2D eigenvalue weighted by atomic mass is 9.89. The van der Waals surface area contributed by atoms with Crippen LogP contribution >= 0.6 is 23.3 Å². The third kappa shape index (κ3) is 7.17. The molecule has 1 fully saturated rings. The molecule has 6 N–H and O–H groups in total. The van der Waals surface area contributed by atoms with E-state index in [0.717, 1.165) is 40.3 Å². The first-order valence-electron chi connectivity index (χ1n) is 15.7. The number of aliphatic carboxylic acids is 2. The van der Waals surface area contributed by atoms with Crippen LogP contribution in [0.2, 0.25) is 0 Å². The van der Waals surface area contributed by atoms with Gasteiger partial charge in [0.1, 0.15) is 25.3 Å². The highest BCUT2D eigenvalue weighted by atomic mass is 32.2. The number of thioether (sulfide) groups is 1. The third-order valence-corrected chi connectivity index (χ3v) is 10.8. The standard InChI is InChI=1S/C34H34N6O9S2/c1-34(2,32(47)48)49-37-26(28-36-33(35)51-38-28)25(43)12-22-29(44)39-27(31(45)46)19(16-50-30(22)39)9-8-17-4-6-18(7-5-17)13-40(3)14-20-10-23(41)24(42)11-21(20)15-40/h4-11,22,30H,12-16H2,1-3H3,(H5-,35,36,37,38,41,42,43,45,46,47,48)/p+1/t22-,30-/m1/s1. The fourth-order valence-electron chi connectivity index (χ4n) is 6.27. The molecule has 1 aromatic heterocycles. The Kier molecular flexibility index (Phi) is 9.39. The first-order chi connectivity index (χ1) is 24.0. The number of carboxylic acid groups (broad SMARTS) is 2. The van der Waals surface area contributed by atoms with Crippen LogP contribution in [-0.2, 0) is 43.7 Å². The normalized spacial score (nSPS) is 19.9. The van der Waals surface area contributed by atoms with Gasteiger partial charge in [-0.05, 0) is 37.1 Å². The van der Waals surface area contributed by atoms with Gasteiger partial charge < -0.3 is 35.5 Å². The van der Waals surface area contributed by atoms with Crippen molar-refractivity contribution in [1.82, 2.24) is 14.3 Å². The summed E-state index contributed by atoms with van der Waals surface area (Å²) < 4.78 is 4.66. The number of quaternary nitrogens is 1. The number of nitrogens with two attached hydrogens (primary N) is 1. The maximum absolute atomic E-state index is 13.4. The smallest absolute Gasteiger partial charge is 0.352 e. The average molecular weight is 736 g/mol. The predicted molar refractivity (Wildman–Crippen MR) is 187 cm³/mol. The Bertz CT molecular complexity index is 2010. The molecule has 4 heterocycles. The van der Waals surface area contributed by atoms with Crippen molar-refractivity contribution in [2.45, 2.75) is 50.9 Å². The molecule has 1 amide bonds. The summed E-state index contributed by atoms with van der Waals surface area (Å²) in [5.41, 5.74) is 7.72. The number of amides is 1. The van der Waals surface area contributed by atoms with Crippen molar-refractivity contribution in [3.05, 3.63) is 81.8 Å². The van der Waals surface area contributed by atoms with Gasteiger partial charge in [-0.3, -0.25) is 14.5 Å². The van der Waals surface area contributed by atoms with E-state index in [1.165, 1.54) is 30.5 Å². The number of oxime groups is 1. The van der Waals surface area contributed by atoms with E-state index >= 15 is 0 Å². The Morgan fingerprint density at radius 2 is 1.75 bits per heavy atom. The zero-order chi connectivity index (χ0) is 36.8. The predicted octanol–water partition coefficient (Wildman–Crippen LogP) is 3.32. The zero-order valence-corrected chi connectivity index (χ0v) is 29.4. The van der Waals surface area contributed by atoms with Crippen LogP contribution in [0.1, 0.15) is 48.3 Å². The van der Waals surface area contributed by atoms with Gasteiger partial charge >= 0.3 is 11.9 Å². The molecule has 0 unspecified atom stereocenters. The van der Waals surface area contributed by atoms with E-state index in [9.17, 15) is 39.6 Å². The van der Waals surface area contributed by atoms with Gasteiger partial charge in [0.25, 0.3) is 0 Å². The highest BCUT2D eigenvalue weighted by Gasteiger charge is 2.54. The number of Topliss-reactive ketones (excluding diaryl/α,β-unsaturated/α-hetero) is 1. The first kappa shape index (κ1) is 35.6. The number of fused-ring (bicyclic) bond motifs is 2. The molecule has 0 aliphatic carbocycles. The van der Waals surface area contributed by atoms with Crippen molar-refractivity contribution in [3.63, 3.8) is 0 Å². The van der Waals surface area contributed by atoms with Gasteiger partial charge in [-0.2, -0.15) is 9.36 Å². The Balaban J connectivity index is 1.13. The second-order valence-electron chi connectivity index (χ2n) is 13.4. The molecule has 51 heavy (non-hydrogen) atoms. The number of anilines is 1. The van der Waals surface area contributed by atoms with E-state index in [4.69, 9.17) is 10.6 Å². The van der Waals surface area contributed by atoms with E-state index in [1.54, 1.807) is 24.3 Å². The number of allylic oxidation sites excluding steroid dienone is 1. The maximum atomic E-state index is 13.4. The highest BCUT2D eigenvalue weighted by molar-refractivity contribution is 8.00. The SMILES string of the molecule is CC(C)(O/N=C(\C(=O)C[C@@H]1C(=O)N2C(C(=O)O)=C(C=Cc3ccc(C[N+]4(C)Cc5cc(O)c(O)cc5C4)cc3)CS[C@H]12)c1nsc(N)n1)C(=O)O. The number of ketones is 1. The third-order valence-electron chi connectivity index (χ3n) is 8.94. The molecule has 0 spiro atoms. The van der Waals surface area contributed by atoms with Crippen molar-refractivity contribution >= 4 is 63.8 Å². The van der Waals surface area contributed by atoms with Crippen LogP contribution in [0, 0.1) is 5.92 Å². The number of hydrogen-bond donors (Lipinski definition) is 5. The topological polar surface area (TPSA) is 226 Å². The van der Waals surface area contributed by atoms with E-state index in [2.05, 4.69) is 21.6 Å². The lowest BCUT2D eigenvalue weighted by molar-refractivity contribution is -0.941. The number of phenolic OH excluding ortho intramolecular Hbond substituents is 2. The molecule has 0 radical (unpaired) electrons. The first-order valence-corrected chi connectivity index (χ1v) is 17.6. The monoisotopic (exact) mass is 735 g/mol. The quantitative estimate of drug-likeness (QED) is 0.0592. The van der Waals surface area contributed by atoms with E-state index in [0.29, 0.717) is 23.1 Å². The van der Waals surface area contributed by atoms with Gasteiger partial charge in [-0.25, -0.2) is 9.59 Å². The Labute approximate surface area is 300 Å². The number of aromatic hydroxyl groups is 2. The van der Waals surface area contributed by atoms with E-state index < -0.39 is 46.2 Å². The zero-order valence-electron chi connectivity index (χ0n) is 27.8. The van der Waals surface area contributed by atoms with Crippen LogP contribution in [0.15, 0.2) is 58.9 Å². The Morgan fingerprint density at radius 1 is 1.10 bits per heavy atom. The van der Waals surface area contributed by atoms with Crippen molar-refractivity contribution in [3.8, 4) is 11.5 Å². The van der Waals surface area contributed by atoms with Crippen LogP contribution in [0.3, 0.4) is 0 Å². The maximum Gasteiger partial charge on any atom is 0.352 e. The van der Waals surface area contributed by atoms with Gasteiger partial charge in [0.15, 0.2) is 28.1 Å². The minimum Gasteiger partial charge on any atom is -0.504 e. The summed E-state index contributed by atoms with van der Waals surface area (Å²) in [6.07, 6.45) is 3.11. The number of aromatic nitrogens is 2. The van der Waals surface area contributed by atoms with Gasteiger partial charge in [-0.1, -0.05) is 41.6 Å². The van der Waals surface area contributed by atoms with Gasteiger partial charge in [0, 0.05) is 40.4 Å². The van der Waals surface area contributed by atoms with Gasteiger partial charge in [-0.15, -0.1) is 11.8 Å². The molecule has 1 saturated heterocycles. The number of nitrogen functional groups attached to an aromatic ring is 1. The summed E-state index contributed by atoms with van der Waals surface area (Å²) in [6.45, 7) is 4.64. The largest absolute Gasteiger partial charge is 0.504 e. The molecule has 6 rings (SSSR count). The number of carbonyl (C=O) groups excluding carboxylic acids is 2. The molecule has 266 valence electrons. The average Bonchev–Trinajstić information content (AvgIpc) is 3.64. The van der Waals surface area contributed by atoms with E-state index in [1.807, 2.05) is 24.3 Å². The van der Waals surface area contributed by atoms with Crippen molar-refractivity contribution in [2.75, 3.05) is 18.5 Å². The number of benzene rings is 2. The van der Waals surface area contributed by atoms with Crippen LogP contribution in [-0.4, -0.2) is 92.3 Å².